The zero-order valence-corrected chi connectivity index (χ0v) is 11.3. The van der Waals surface area contributed by atoms with Gasteiger partial charge in [-0.15, -0.1) is 0 Å². The molecule has 1 rings (SSSR count). The topological polar surface area (TPSA) is 41.3 Å². The highest BCUT2D eigenvalue weighted by atomic mass is 15.2. The van der Waals surface area contributed by atoms with Crippen molar-refractivity contribution in [1.29, 1.82) is 0 Å². The van der Waals surface area contributed by atoms with E-state index in [0.717, 1.165) is 26.2 Å². The first-order valence-corrected chi connectivity index (χ1v) is 6.79. The number of nitrogens with two attached hydrogens (primary N) is 1. The second-order valence-electron chi connectivity index (χ2n) is 5.65. The van der Waals surface area contributed by atoms with Crippen molar-refractivity contribution in [2.45, 2.75) is 58.0 Å². The molecule has 16 heavy (non-hydrogen) atoms. The Balaban J connectivity index is 2.37. The van der Waals surface area contributed by atoms with E-state index in [9.17, 15) is 0 Å². The molecular weight excluding hydrogens is 198 g/mol. The van der Waals surface area contributed by atoms with Crippen LogP contribution in [0.4, 0.5) is 0 Å². The van der Waals surface area contributed by atoms with E-state index in [2.05, 4.69) is 31.0 Å². The molecule has 1 saturated heterocycles. The van der Waals surface area contributed by atoms with Crippen LogP contribution in [0, 0.1) is 0 Å². The molecule has 0 aromatic carbocycles. The summed E-state index contributed by atoms with van der Waals surface area (Å²) in [5.74, 6) is 0. The lowest BCUT2D eigenvalue weighted by molar-refractivity contribution is 0.178. The van der Waals surface area contributed by atoms with Crippen molar-refractivity contribution in [2.75, 3.05) is 26.2 Å². The minimum Gasteiger partial charge on any atom is -0.323 e. The second-order valence-corrected chi connectivity index (χ2v) is 5.65. The van der Waals surface area contributed by atoms with Gasteiger partial charge in [-0.2, -0.15) is 0 Å². The lowest BCUT2D eigenvalue weighted by atomic mass is 10.0. The van der Waals surface area contributed by atoms with E-state index in [1.165, 1.54) is 25.7 Å². The summed E-state index contributed by atoms with van der Waals surface area (Å²) in [6.07, 6.45) is 5.33. The molecule has 96 valence electrons. The van der Waals surface area contributed by atoms with Gasteiger partial charge in [-0.05, 0) is 20.3 Å². The Morgan fingerprint density at radius 2 is 2.19 bits per heavy atom. The third-order valence-electron chi connectivity index (χ3n) is 3.52. The number of unbranched alkanes of at least 4 members (excludes halogenated alkanes) is 2. The van der Waals surface area contributed by atoms with Crippen LogP contribution >= 0.6 is 0 Å². The molecular formula is C13H29N3. The maximum atomic E-state index is 6.26. The molecule has 0 aromatic heterocycles. The third-order valence-corrected chi connectivity index (χ3v) is 3.52. The monoisotopic (exact) mass is 227 g/mol. The smallest absolute Gasteiger partial charge is 0.0381 e. The first-order valence-electron chi connectivity index (χ1n) is 6.79. The minimum atomic E-state index is -0.0739. The van der Waals surface area contributed by atoms with E-state index in [0.29, 0.717) is 6.04 Å². The maximum Gasteiger partial charge on any atom is 0.0381 e. The number of nitrogens with zero attached hydrogens (tertiary/aromatic N) is 1. The highest BCUT2D eigenvalue weighted by Gasteiger charge is 2.27. The Labute approximate surface area is 101 Å². The highest BCUT2D eigenvalue weighted by Crippen LogP contribution is 2.14. The van der Waals surface area contributed by atoms with Crippen LogP contribution in [0.15, 0.2) is 0 Å². The van der Waals surface area contributed by atoms with E-state index in [1.54, 1.807) is 0 Å². The standard InChI is InChI=1S/C13H29N3/c1-4-5-6-7-12(2)16-9-8-15-10-13(3,14)11-16/h12,15H,4-11,14H2,1-3H3. The summed E-state index contributed by atoms with van der Waals surface area (Å²) in [6, 6.07) is 0.675. The van der Waals surface area contributed by atoms with Gasteiger partial charge >= 0.3 is 0 Å². The summed E-state index contributed by atoms with van der Waals surface area (Å²) in [5, 5.41) is 3.42. The fraction of sp³-hybridized carbons (Fsp3) is 1.00. The van der Waals surface area contributed by atoms with Gasteiger partial charge in [0.25, 0.3) is 0 Å². The molecule has 0 radical (unpaired) electrons. The number of hydrogen-bond donors (Lipinski definition) is 2. The van der Waals surface area contributed by atoms with Crippen molar-refractivity contribution < 1.29 is 0 Å². The van der Waals surface area contributed by atoms with Gasteiger partial charge in [-0.25, -0.2) is 0 Å². The lowest BCUT2D eigenvalue weighted by Gasteiger charge is -2.33. The number of nitrogens with one attached hydrogen (secondary N) is 1. The van der Waals surface area contributed by atoms with Crippen LogP contribution in [-0.2, 0) is 0 Å². The minimum absolute atomic E-state index is 0.0739. The zero-order valence-electron chi connectivity index (χ0n) is 11.3. The fourth-order valence-corrected chi connectivity index (χ4v) is 2.44. The molecule has 1 heterocycles. The van der Waals surface area contributed by atoms with Gasteiger partial charge in [0.15, 0.2) is 0 Å². The molecule has 0 saturated carbocycles. The zero-order chi connectivity index (χ0) is 12.0. The van der Waals surface area contributed by atoms with Crippen molar-refractivity contribution in [3.05, 3.63) is 0 Å². The average Bonchev–Trinajstić information content (AvgIpc) is 2.39. The molecule has 1 aliphatic heterocycles. The molecule has 1 fully saturated rings. The molecule has 3 heteroatoms. The summed E-state index contributed by atoms with van der Waals surface area (Å²) in [7, 11) is 0. The van der Waals surface area contributed by atoms with Crippen LogP contribution in [0.5, 0.6) is 0 Å². The Morgan fingerprint density at radius 3 is 2.88 bits per heavy atom. The molecule has 3 N–H and O–H groups in total. The predicted octanol–water partition coefficient (Wildman–Crippen LogP) is 1.58. The van der Waals surface area contributed by atoms with Gasteiger partial charge in [-0.1, -0.05) is 26.2 Å². The largest absolute Gasteiger partial charge is 0.323 e. The van der Waals surface area contributed by atoms with Crippen LogP contribution in [0.2, 0.25) is 0 Å². The molecule has 1 aliphatic rings. The second kappa shape index (κ2) is 6.58. The lowest BCUT2D eigenvalue weighted by Crippen LogP contribution is -2.52. The van der Waals surface area contributed by atoms with Crippen LogP contribution in [0.1, 0.15) is 46.5 Å². The predicted molar refractivity (Wildman–Crippen MR) is 70.6 cm³/mol. The summed E-state index contributed by atoms with van der Waals surface area (Å²) in [4.78, 5) is 2.55. The van der Waals surface area contributed by atoms with Crippen LogP contribution in [-0.4, -0.2) is 42.7 Å². The maximum absolute atomic E-state index is 6.26. The van der Waals surface area contributed by atoms with Crippen molar-refractivity contribution in [1.82, 2.24) is 10.2 Å². The molecule has 0 spiro atoms. The van der Waals surface area contributed by atoms with Gasteiger partial charge in [0.1, 0.15) is 0 Å². The van der Waals surface area contributed by atoms with Crippen molar-refractivity contribution in [3.63, 3.8) is 0 Å². The van der Waals surface area contributed by atoms with Crippen molar-refractivity contribution >= 4 is 0 Å². The normalized spacial score (nSPS) is 30.0. The van der Waals surface area contributed by atoms with Crippen molar-refractivity contribution in [3.8, 4) is 0 Å². The van der Waals surface area contributed by atoms with Gasteiger partial charge < -0.3 is 11.1 Å². The van der Waals surface area contributed by atoms with Crippen LogP contribution < -0.4 is 11.1 Å². The Bertz CT molecular complexity index is 192. The van der Waals surface area contributed by atoms with Gasteiger partial charge in [0.2, 0.25) is 0 Å². The van der Waals surface area contributed by atoms with Crippen LogP contribution in [0.3, 0.4) is 0 Å². The summed E-state index contributed by atoms with van der Waals surface area (Å²) < 4.78 is 0. The van der Waals surface area contributed by atoms with E-state index >= 15 is 0 Å². The van der Waals surface area contributed by atoms with Gasteiger partial charge in [-0.3, -0.25) is 4.90 Å². The Kier molecular flexibility index (Phi) is 5.73. The van der Waals surface area contributed by atoms with E-state index in [4.69, 9.17) is 5.73 Å². The molecule has 0 amide bonds. The quantitative estimate of drug-likeness (QED) is 0.701. The first-order chi connectivity index (χ1) is 7.55. The first kappa shape index (κ1) is 13.9. The van der Waals surface area contributed by atoms with Crippen molar-refractivity contribution in [2.24, 2.45) is 5.73 Å². The molecule has 2 unspecified atom stereocenters. The SMILES string of the molecule is CCCCCC(C)N1CCNCC(C)(N)C1. The Hall–Kier alpha value is -0.120. The highest BCUT2D eigenvalue weighted by molar-refractivity contribution is 4.89. The van der Waals surface area contributed by atoms with E-state index in [-0.39, 0.29) is 5.54 Å². The fourth-order valence-electron chi connectivity index (χ4n) is 2.44. The van der Waals surface area contributed by atoms with E-state index < -0.39 is 0 Å². The third kappa shape index (κ3) is 4.81. The summed E-state index contributed by atoms with van der Waals surface area (Å²) in [6.45, 7) is 10.9. The molecule has 0 aromatic rings. The average molecular weight is 227 g/mol. The molecule has 2 atom stereocenters. The summed E-state index contributed by atoms with van der Waals surface area (Å²) in [5.41, 5.74) is 6.18. The van der Waals surface area contributed by atoms with Gasteiger partial charge in [0, 0.05) is 37.8 Å². The number of rotatable bonds is 5. The molecule has 3 nitrogen and oxygen atoms in total. The number of hydrogen-bond acceptors (Lipinski definition) is 3. The summed E-state index contributed by atoms with van der Waals surface area (Å²) >= 11 is 0. The Morgan fingerprint density at radius 1 is 1.44 bits per heavy atom. The van der Waals surface area contributed by atoms with Gasteiger partial charge in [0.05, 0.1) is 0 Å². The van der Waals surface area contributed by atoms with Crippen LogP contribution in [0.25, 0.3) is 0 Å². The molecule has 0 aliphatic carbocycles. The van der Waals surface area contributed by atoms with E-state index in [1.807, 2.05) is 0 Å². The molecule has 0 bridgehead atoms.